The Hall–Kier alpha value is -5.42. The summed E-state index contributed by atoms with van der Waals surface area (Å²) >= 11 is 0. The highest BCUT2D eigenvalue weighted by atomic mass is 16.7. The van der Waals surface area contributed by atoms with E-state index in [1.807, 2.05) is 0 Å². The van der Waals surface area contributed by atoms with Crippen LogP contribution in [0, 0.1) is 19.8 Å². The van der Waals surface area contributed by atoms with E-state index in [0.717, 1.165) is 28.4 Å². The summed E-state index contributed by atoms with van der Waals surface area (Å²) in [7, 11) is -0.407. The molecule has 1 aliphatic heterocycles. The van der Waals surface area contributed by atoms with Crippen LogP contribution in [0.1, 0.15) is 77.1 Å². The highest BCUT2D eigenvalue weighted by molar-refractivity contribution is 6.62. The lowest BCUT2D eigenvalue weighted by Gasteiger charge is -2.32. The Labute approximate surface area is 347 Å². The van der Waals surface area contributed by atoms with Crippen LogP contribution in [0.5, 0.6) is 0 Å². The van der Waals surface area contributed by atoms with Gasteiger partial charge in [0, 0.05) is 22.5 Å². The van der Waals surface area contributed by atoms with E-state index in [0.29, 0.717) is 0 Å². The van der Waals surface area contributed by atoms with Crippen molar-refractivity contribution >= 4 is 29.6 Å². The summed E-state index contributed by atoms with van der Waals surface area (Å²) in [6, 6.07) is 48.9. The Bertz CT molecular complexity index is 2490. The number of anilines is 3. The van der Waals surface area contributed by atoms with E-state index < -0.39 is 18.3 Å². The summed E-state index contributed by atoms with van der Waals surface area (Å²) in [5, 5.41) is 0. The van der Waals surface area contributed by atoms with E-state index in [-0.39, 0.29) is 5.41 Å². The lowest BCUT2D eigenvalue weighted by molar-refractivity contribution is 0.00578. The normalized spacial score (nSPS) is 17.9. The number of nitrogens with zero attached hydrogens (tertiary/aromatic N) is 1. The number of fused-ring (bicyclic) bond motifs is 3. The van der Waals surface area contributed by atoms with Gasteiger partial charge in [-0.15, -0.1) is 0 Å². The molecular formula is C54H56BNO2. The van der Waals surface area contributed by atoms with Gasteiger partial charge in [-0.1, -0.05) is 136 Å². The van der Waals surface area contributed by atoms with Crippen LogP contribution in [0.25, 0.3) is 33.4 Å². The third kappa shape index (κ3) is 7.41. The van der Waals surface area contributed by atoms with Crippen molar-refractivity contribution in [3.63, 3.8) is 0 Å². The van der Waals surface area contributed by atoms with E-state index in [4.69, 9.17) is 9.31 Å². The van der Waals surface area contributed by atoms with Crippen molar-refractivity contribution in [3.05, 3.63) is 180 Å². The van der Waals surface area contributed by atoms with E-state index in [2.05, 4.69) is 225 Å². The third-order valence-electron chi connectivity index (χ3n) is 12.8. The molecular weight excluding hydrogens is 705 g/mol. The molecule has 9 rings (SSSR count). The Morgan fingerprint density at radius 2 is 1.10 bits per heavy atom. The maximum absolute atomic E-state index is 6.39. The van der Waals surface area contributed by atoms with Crippen molar-refractivity contribution in [2.45, 2.75) is 85.4 Å². The molecule has 2 aliphatic carbocycles. The predicted molar refractivity (Wildman–Crippen MR) is 247 cm³/mol. The van der Waals surface area contributed by atoms with E-state index >= 15 is 0 Å². The van der Waals surface area contributed by atoms with Crippen LogP contribution in [0.15, 0.2) is 158 Å². The Kier molecular flexibility index (Phi) is 10.5. The summed E-state index contributed by atoms with van der Waals surface area (Å²) in [6.07, 6.45) is 9.84. The highest BCUT2D eigenvalue weighted by Gasteiger charge is 2.51. The minimum atomic E-state index is -0.407. The zero-order chi connectivity index (χ0) is 40.8. The van der Waals surface area contributed by atoms with Crippen LogP contribution >= 0.6 is 0 Å². The second-order valence-corrected chi connectivity index (χ2v) is 17.8. The number of hydrogen-bond acceptors (Lipinski definition) is 3. The second-order valence-electron chi connectivity index (χ2n) is 17.8. The van der Waals surface area contributed by atoms with E-state index in [1.54, 1.807) is 0 Å². The first kappa shape index (κ1) is 39.4. The van der Waals surface area contributed by atoms with Gasteiger partial charge in [0.05, 0.1) is 11.2 Å². The summed E-state index contributed by atoms with van der Waals surface area (Å²) in [6.45, 7) is 19.7. The summed E-state index contributed by atoms with van der Waals surface area (Å²) in [4.78, 5) is 2.37. The number of rotatable bonds is 6. The molecule has 1 unspecified atom stereocenters. The molecule has 0 spiro atoms. The molecule has 6 aromatic rings. The first-order valence-electron chi connectivity index (χ1n) is 20.8. The van der Waals surface area contributed by atoms with Crippen LogP contribution in [-0.4, -0.2) is 18.3 Å². The van der Waals surface area contributed by atoms with Crippen molar-refractivity contribution in [1.29, 1.82) is 0 Å². The van der Waals surface area contributed by atoms with Gasteiger partial charge in [-0.3, -0.25) is 0 Å². The molecule has 0 saturated carbocycles. The molecule has 3 aliphatic rings. The van der Waals surface area contributed by atoms with Gasteiger partial charge in [-0.25, -0.2) is 0 Å². The van der Waals surface area contributed by atoms with Crippen molar-refractivity contribution in [2.75, 3.05) is 4.90 Å². The molecule has 58 heavy (non-hydrogen) atoms. The predicted octanol–water partition coefficient (Wildman–Crippen LogP) is 13.9. The minimum absolute atomic E-state index is 0.0989. The number of allylic oxidation sites excluding steroid dienone is 4. The standard InChI is InChI=1S/C47H46BNO2.C7H10/c1-31-13-9-10-14-39(31)42-29-34(18-17-32(42)2)33-19-23-36(24-20-33)49(37-25-21-35(22-26-37)48-50-46(5,6)47(7,8)51-48)38-27-28-41-40-15-11-12-16-43(40)45(3,4)44(41)30-38;1-7-5-3-2-4-6-7/h9-30H,1-8H3;2-5,7H,6H2,1H3. The summed E-state index contributed by atoms with van der Waals surface area (Å²) in [5.74, 6) is 0.769. The van der Waals surface area contributed by atoms with E-state index in [9.17, 15) is 0 Å². The first-order chi connectivity index (χ1) is 27.7. The quantitative estimate of drug-likeness (QED) is 0.158. The SMILES string of the molecule is CC1C=CC=CC1.Cc1ccccc1-c1cc(-c2ccc(N(c3ccc(B4OC(C)(C)C(C)(C)O4)cc3)c3ccc4c(c3)C(C)(C)c3ccccc3-4)cc2)ccc1C. The van der Waals surface area contributed by atoms with Gasteiger partial charge in [-0.05, 0) is 157 Å². The summed E-state index contributed by atoms with van der Waals surface area (Å²) < 4.78 is 12.8. The number of benzene rings is 6. The topological polar surface area (TPSA) is 21.7 Å². The number of hydrogen-bond donors (Lipinski definition) is 0. The van der Waals surface area contributed by atoms with Crippen molar-refractivity contribution in [1.82, 2.24) is 0 Å². The molecule has 6 aromatic carbocycles. The second kappa shape index (κ2) is 15.4. The largest absolute Gasteiger partial charge is 0.494 e. The van der Waals surface area contributed by atoms with E-state index in [1.165, 1.54) is 62.1 Å². The molecule has 1 saturated heterocycles. The maximum atomic E-state index is 6.39. The molecule has 1 atom stereocenters. The lowest BCUT2D eigenvalue weighted by atomic mass is 9.79. The lowest BCUT2D eigenvalue weighted by Crippen LogP contribution is -2.41. The van der Waals surface area contributed by atoms with Gasteiger partial charge in [0.25, 0.3) is 0 Å². The maximum Gasteiger partial charge on any atom is 0.494 e. The molecule has 292 valence electrons. The van der Waals surface area contributed by atoms with Gasteiger partial charge in [-0.2, -0.15) is 0 Å². The highest BCUT2D eigenvalue weighted by Crippen LogP contribution is 2.50. The van der Waals surface area contributed by atoms with Crippen LogP contribution in [0.3, 0.4) is 0 Å². The first-order valence-corrected chi connectivity index (χ1v) is 20.8. The van der Waals surface area contributed by atoms with Gasteiger partial charge in [0.15, 0.2) is 0 Å². The molecule has 0 aromatic heterocycles. The van der Waals surface area contributed by atoms with Crippen LogP contribution in [-0.2, 0) is 14.7 Å². The fraction of sp³-hybridized carbons (Fsp3) is 0.259. The van der Waals surface area contributed by atoms with Crippen molar-refractivity contribution < 1.29 is 9.31 Å². The molecule has 3 nitrogen and oxygen atoms in total. The third-order valence-corrected chi connectivity index (χ3v) is 12.8. The zero-order valence-electron chi connectivity index (χ0n) is 35.6. The fourth-order valence-corrected chi connectivity index (χ4v) is 8.51. The van der Waals surface area contributed by atoms with Gasteiger partial charge in [0.1, 0.15) is 0 Å². The Morgan fingerprint density at radius 3 is 1.72 bits per heavy atom. The zero-order valence-corrected chi connectivity index (χ0v) is 35.6. The molecule has 1 heterocycles. The van der Waals surface area contributed by atoms with Crippen LogP contribution in [0.2, 0.25) is 0 Å². The molecule has 1 fully saturated rings. The molecule has 4 heteroatoms. The molecule has 0 bridgehead atoms. The smallest absolute Gasteiger partial charge is 0.399 e. The average Bonchev–Trinajstić information content (AvgIpc) is 3.59. The monoisotopic (exact) mass is 761 g/mol. The Morgan fingerprint density at radius 1 is 0.534 bits per heavy atom. The minimum Gasteiger partial charge on any atom is -0.399 e. The van der Waals surface area contributed by atoms with Crippen molar-refractivity contribution in [2.24, 2.45) is 5.92 Å². The molecule has 0 radical (unpaired) electrons. The molecule has 0 N–H and O–H groups in total. The molecule has 0 amide bonds. The fourth-order valence-electron chi connectivity index (χ4n) is 8.51. The van der Waals surface area contributed by atoms with Crippen molar-refractivity contribution in [3.8, 4) is 33.4 Å². The average molecular weight is 762 g/mol. The van der Waals surface area contributed by atoms with Gasteiger partial charge >= 0.3 is 7.12 Å². The summed E-state index contributed by atoms with van der Waals surface area (Å²) in [5.41, 5.74) is 16.3. The van der Waals surface area contributed by atoms with Gasteiger partial charge in [0.2, 0.25) is 0 Å². The Balaban J connectivity index is 0.000000608. The van der Waals surface area contributed by atoms with Gasteiger partial charge < -0.3 is 14.2 Å². The van der Waals surface area contributed by atoms with Crippen LogP contribution in [0.4, 0.5) is 17.1 Å². The number of aryl methyl sites for hydroxylation is 2. The van der Waals surface area contributed by atoms with Crippen LogP contribution < -0.4 is 10.4 Å².